The van der Waals surface area contributed by atoms with Crippen LogP contribution in [0.25, 0.3) is 0 Å². The van der Waals surface area contributed by atoms with E-state index in [1.54, 1.807) is 0 Å². The highest BCUT2D eigenvalue weighted by Gasteiger charge is 2.57. The van der Waals surface area contributed by atoms with Gasteiger partial charge in [0.2, 0.25) is 5.91 Å². The van der Waals surface area contributed by atoms with Crippen molar-refractivity contribution >= 4 is 5.91 Å². The predicted octanol–water partition coefficient (Wildman–Crippen LogP) is 4.94. The van der Waals surface area contributed by atoms with Crippen LogP contribution >= 0.6 is 0 Å². The Hall–Kier alpha value is -1.35. The SMILES string of the molecule is CC1(C)CC2CC(C)(C(=O)NC3CC4(CC(N)C4)C3)CC(c3ccccc3)(C2)C1. The van der Waals surface area contributed by atoms with Crippen molar-refractivity contribution in [1.82, 2.24) is 5.32 Å². The van der Waals surface area contributed by atoms with Crippen molar-refractivity contribution in [1.29, 1.82) is 0 Å². The second-order valence-corrected chi connectivity index (χ2v) is 12.5. The Bertz CT molecular complexity index is 788. The second kappa shape index (κ2) is 6.33. The third-order valence-electron chi connectivity index (χ3n) is 8.82. The van der Waals surface area contributed by atoms with Gasteiger partial charge in [0.05, 0.1) is 0 Å². The van der Waals surface area contributed by atoms with Gasteiger partial charge >= 0.3 is 0 Å². The molecule has 158 valence electrons. The van der Waals surface area contributed by atoms with Crippen LogP contribution in [-0.4, -0.2) is 18.0 Å². The van der Waals surface area contributed by atoms with Crippen LogP contribution in [0.4, 0.5) is 0 Å². The van der Waals surface area contributed by atoms with Gasteiger partial charge in [-0.3, -0.25) is 4.79 Å². The molecule has 1 aromatic rings. The van der Waals surface area contributed by atoms with Crippen molar-refractivity contribution in [3.63, 3.8) is 0 Å². The van der Waals surface area contributed by atoms with Gasteiger partial charge in [0.25, 0.3) is 0 Å². The van der Waals surface area contributed by atoms with Crippen LogP contribution in [0.3, 0.4) is 0 Å². The van der Waals surface area contributed by atoms with Crippen molar-refractivity contribution in [2.75, 3.05) is 0 Å². The number of nitrogens with one attached hydrogen (secondary N) is 1. The molecule has 1 spiro atoms. The Morgan fingerprint density at radius 1 is 0.931 bits per heavy atom. The van der Waals surface area contributed by atoms with Crippen LogP contribution < -0.4 is 11.1 Å². The van der Waals surface area contributed by atoms with E-state index in [0.29, 0.717) is 34.7 Å². The molecule has 29 heavy (non-hydrogen) atoms. The summed E-state index contributed by atoms with van der Waals surface area (Å²) in [6.45, 7) is 7.10. The van der Waals surface area contributed by atoms with E-state index in [1.165, 1.54) is 24.8 Å². The van der Waals surface area contributed by atoms with Gasteiger partial charge in [-0.1, -0.05) is 51.1 Å². The van der Waals surface area contributed by atoms with Gasteiger partial charge < -0.3 is 11.1 Å². The van der Waals surface area contributed by atoms with Crippen LogP contribution in [0.2, 0.25) is 0 Å². The number of hydrogen-bond donors (Lipinski definition) is 2. The zero-order valence-electron chi connectivity index (χ0n) is 18.5. The number of carbonyl (C=O) groups is 1. The highest BCUT2D eigenvalue weighted by molar-refractivity contribution is 5.83. The summed E-state index contributed by atoms with van der Waals surface area (Å²) in [4.78, 5) is 13.5. The zero-order chi connectivity index (χ0) is 20.5. The smallest absolute Gasteiger partial charge is 0.226 e. The first-order valence-corrected chi connectivity index (χ1v) is 11.7. The van der Waals surface area contributed by atoms with E-state index in [2.05, 4.69) is 56.4 Å². The molecule has 0 aromatic heterocycles. The number of amides is 1. The summed E-state index contributed by atoms with van der Waals surface area (Å²) in [5.74, 6) is 0.950. The maximum absolute atomic E-state index is 13.5. The summed E-state index contributed by atoms with van der Waals surface area (Å²) in [7, 11) is 0. The van der Waals surface area contributed by atoms with E-state index >= 15 is 0 Å². The summed E-state index contributed by atoms with van der Waals surface area (Å²) in [6, 6.07) is 11.8. The van der Waals surface area contributed by atoms with E-state index < -0.39 is 0 Å². The zero-order valence-corrected chi connectivity index (χ0v) is 18.5. The predicted molar refractivity (Wildman–Crippen MR) is 117 cm³/mol. The number of hydrogen-bond acceptors (Lipinski definition) is 2. The molecule has 4 aliphatic rings. The molecule has 0 aliphatic heterocycles. The summed E-state index contributed by atoms with van der Waals surface area (Å²) in [5, 5.41) is 3.46. The lowest BCUT2D eigenvalue weighted by atomic mass is 9.47. The van der Waals surface area contributed by atoms with E-state index in [4.69, 9.17) is 5.73 Å². The van der Waals surface area contributed by atoms with Gasteiger partial charge in [-0.25, -0.2) is 0 Å². The first-order valence-electron chi connectivity index (χ1n) is 11.7. The standard InChI is InChI=1S/C26H38N2O/c1-23(2)9-18-10-24(3,17-26(11-18,16-23)19-7-5-4-6-8-19)22(29)28-21-14-25(15-21)12-20(27)13-25/h4-8,18,20-21H,9-17,27H2,1-3H3,(H,28,29). The second-order valence-electron chi connectivity index (χ2n) is 12.5. The van der Waals surface area contributed by atoms with Crippen molar-refractivity contribution in [2.45, 2.75) is 96.1 Å². The molecule has 0 saturated heterocycles. The van der Waals surface area contributed by atoms with Crippen LogP contribution in [0, 0.1) is 22.2 Å². The lowest BCUT2D eigenvalue weighted by molar-refractivity contribution is -0.141. The van der Waals surface area contributed by atoms with Crippen molar-refractivity contribution in [3.8, 4) is 0 Å². The minimum Gasteiger partial charge on any atom is -0.353 e. The van der Waals surface area contributed by atoms with Crippen LogP contribution in [0.5, 0.6) is 0 Å². The highest BCUT2D eigenvalue weighted by Crippen LogP contribution is 2.61. The molecule has 0 heterocycles. The fourth-order valence-corrected chi connectivity index (χ4v) is 8.32. The Morgan fingerprint density at radius 2 is 1.62 bits per heavy atom. The molecular formula is C26H38N2O. The van der Waals surface area contributed by atoms with E-state index in [9.17, 15) is 4.79 Å². The van der Waals surface area contributed by atoms with Crippen LogP contribution in [0.15, 0.2) is 30.3 Å². The molecule has 4 saturated carbocycles. The van der Waals surface area contributed by atoms with Crippen molar-refractivity contribution < 1.29 is 4.79 Å². The molecule has 3 unspecified atom stereocenters. The minimum absolute atomic E-state index is 0.138. The lowest BCUT2D eigenvalue weighted by Gasteiger charge is -2.59. The molecule has 4 aliphatic carbocycles. The lowest BCUT2D eigenvalue weighted by Crippen LogP contribution is -2.62. The van der Waals surface area contributed by atoms with Gasteiger partial charge in [-0.05, 0) is 85.5 Å². The molecule has 5 rings (SSSR count). The molecular weight excluding hydrogens is 356 g/mol. The molecule has 3 nitrogen and oxygen atoms in total. The average molecular weight is 395 g/mol. The normalized spacial score (nSPS) is 45.2. The Kier molecular flexibility index (Phi) is 4.28. The maximum Gasteiger partial charge on any atom is 0.226 e. The van der Waals surface area contributed by atoms with Gasteiger partial charge in [-0.2, -0.15) is 0 Å². The molecule has 3 heteroatoms. The average Bonchev–Trinajstić information content (AvgIpc) is 2.57. The molecule has 1 amide bonds. The quantitative estimate of drug-likeness (QED) is 0.763. The summed E-state index contributed by atoms with van der Waals surface area (Å²) < 4.78 is 0. The molecule has 1 aromatic carbocycles. The largest absolute Gasteiger partial charge is 0.353 e. The molecule has 3 N–H and O–H groups in total. The summed E-state index contributed by atoms with van der Waals surface area (Å²) >= 11 is 0. The van der Waals surface area contributed by atoms with E-state index in [-0.39, 0.29) is 10.8 Å². The minimum atomic E-state index is -0.256. The Morgan fingerprint density at radius 3 is 2.28 bits per heavy atom. The number of nitrogens with two attached hydrogens (primary N) is 1. The Labute approximate surface area is 176 Å². The summed E-state index contributed by atoms with van der Waals surface area (Å²) in [5.41, 5.74) is 8.15. The first-order chi connectivity index (χ1) is 13.6. The third-order valence-corrected chi connectivity index (χ3v) is 8.82. The maximum atomic E-state index is 13.5. The van der Waals surface area contributed by atoms with Crippen LogP contribution in [0.1, 0.15) is 84.1 Å². The van der Waals surface area contributed by atoms with E-state index in [1.807, 2.05) is 0 Å². The molecule has 2 bridgehead atoms. The number of carbonyl (C=O) groups excluding carboxylic acids is 1. The van der Waals surface area contributed by atoms with Gasteiger partial charge in [0, 0.05) is 17.5 Å². The van der Waals surface area contributed by atoms with Crippen LogP contribution in [-0.2, 0) is 10.2 Å². The number of rotatable bonds is 3. The Balaban J connectivity index is 1.35. The molecule has 3 atom stereocenters. The fourth-order valence-electron chi connectivity index (χ4n) is 8.32. The van der Waals surface area contributed by atoms with Gasteiger partial charge in [0.15, 0.2) is 0 Å². The first kappa shape index (κ1) is 19.6. The van der Waals surface area contributed by atoms with Crippen molar-refractivity contribution in [3.05, 3.63) is 35.9 Å². The highest BCUT2D eigenvalue weighted by atomic mass is 16.2. The van der Waals surface area contributed by atoms with Crippen molar-refractivity contribution in [2.24, 2.45) is 27.9 Å². The molecule has 0 radical (unpaired) electrons. The molecule has 4 fully saturated rings. The van der Waals surface area contributed by atoms with E-state index in [0.717, 1.165) is 38.5 Å². The van der Waals surface area contributed by atoms with Gasteiger partial charge in [0.1, 0.15) is 0 Å². The monoisotopic (exact) mass is 394 g/mol. The summed E-state index contributed by atoms with van der Waals surface area (Å²) in [6.07, 6.45) is 10.3. The fraction of sp³-hybridized carbons (Fsp3) is 0.731. The van der Waals surface area contributed by atoms with Gasteiger partial charge in [-0.15, -0.1) is 0 Å². The number of fused-ring (bicyclic) bond motifs is 2. The topological polar surface area (TPSA) is 55.1 Å². The number of benzene rings is 1. The third kappa shape index (κ3) is 3.34.